The van der Waals surface area contributed by atoms with E-state index in [-0.39, 0.29) is 0 Å². The number of fused-ring (bicyclic) bond motifs is 1. The summed E-state index contributed by atoms with van der Waals surface area (Å²) in [4.78, 5) is 8.08. The summed E-state index contributed by atoms with van der Waals surface area (Å²) in [5.41, 5.74) is 3.72. The van der Waals surface area contributed by atoms with Crippen molar-refractivity contribution in [3.05, 3.63) is 24.0 Å². The van der Waals surface area contributed by atoms with Crippen molar-refractivity contribution in [2.45, 2.75) is 6.54 Å². The molecule has 5 nitrogen and oxygen atoms in total. The molecule has 62 valence electrons. The van der Waals surface area contributed by atoms with Gasteiger partial charge in [-0.15, -0.1) is 0 Å². The van der Waals surface area contributed by atoms with E-state index < -0.39 is 0 Å². The van der Waals surface area contributed by atoms with Gasteiger partial charge in [-0.05, 0) is 12.1 Å². The molecule has 0 unspecified atom stereocenters. The molecule has 0 spiro atoms. The van der Waals surface area contributed by atoms with Crippen LogP contribution in [0.1, 0.15) is 5.69 Å². The maximum absolute atomic E-state index is 8.55. The fourth-order valence-corrected chi connectivity index (χ4v) is 1.06. The SMILES string of the molecule is ONC1=NCc2ncccc2N1. The van der Waals surface area contributed by atoms with Gasteiger partial charge in [0.15, 0.2) is 0 Å². The van der Waals surface area contributed by atoms with E-state index in [4.69, 9.17) is 5.21 Å². The zero-order valence-corrected chi connectivity index (χ0v) is 6.28. The average molecular weight is 164 g/mol. The van der Waals surface area contributed by atoms with Crippen molar-refractivity contribution in [1.29, 1.82) is 0 Å². The lowest BCUT2D eigenvalue weighted by molar-refractivity contribution is 0.233. The molecule has 0 saturated heterocycles. The molecule has 1 aromatic rings. The Morgan fingerprint density at radius 3 is 3.33 bits per heavy atom. The summed E-state index contributed by atoms with van der Waals surface area (Å²) >= 11 is 0. The molecular formula is C7H8N4O. The predicted molar refractivity (Wildman–Crippen MR) is 43.9 cm³/mol. The minimum absolute atomic E-state index is 0.357. The number of hydrogen-bond donors (Lipinski definition) is 3. The molecule has 2 heterocycles. The summed E-state index contributed by atoms with van der Waals surface area (Å²) in [7, 11) is 0. The molecule has 2 rings (SSSR count). The molecule has 0 atom stereocenters. The Bertz CT molecular complexity index is 323. The van der Waals surface area contributed by atoms with Crippen LogP contribution >= 0.6 is 0 Å². The summed E-state index contributed by atoms with van der Waals surface area (Å²) in [5, 5.41) is 11.4. The second kappa shape index (κ2) is 2.78. The Morgan fingerprint density at radius 1 is 1.58 bits per heavy atom. The quantitative estimate of drug-likeness (QED) is 0.484. The van der Waals surface area contributed by atoms with Crippen LogP contribution in [0.4, 0.5) is 5.69 Å². The average Bonchev–Trinajstić information content (AvgIpc) is 2.17. The standard InChI is InChI=1S/C7H8N4O/c12-11-7-9-4-6-5(10-7)2-1-3-8-6/h1-3,12H,4H2,(H2,9,10,11). The van der Waals surface area contributed by atoms with Gasteiger partial charge in [-0.2, -0.15) is 0 Å². The van der Waals surface area contributed by atoms with Crippen molar-refractivity contribution in [3.8, 4) is 0 Å². The summed E-state index contributed by atoms with van der Waals surface area (Å²) in [6, 6.07) is 3.71. The minimum atomic E-state index is 0.357. The Kier molecular flexibility index (Phi) is 1.64. The second-order valence-corrected chi connectivity index (χ2v) is 2.40. The molecule has 0 saturated carbocycles. The molecule has 0 fully saturated rings. The van der Waals surface area contributed by atoms with Gasteiger partial charge in [0.1, 0.15) is 0 Å². The van der Waals surface area contributed by atoms with Crippen LogP contribution in [0.3, 0.4) is 0 Å². The van der Waals surface area contributed by atoms with E-state index in [9.17, 15) is 0 Å². The third-order valence-electron chi connectivity index (χ3n) is 1.64. The molecular weight excluding hydrogens is 156 g/mol. The Balaban J connectivity index is 2.31. The van der Waals surface area contributed by atoms with Crippen LogP contribution in [-0.2, 0) is 6.54 Å². The number of nitrogens with one attached hydrogen (secondary N) is 2. The fraction of sp³-hybridized carbons (Fsp3) is 0.143. The van der Waals surface area contributed by atoms with Crippen molar-refractivity contribution in [2.24, 2.45) is 4.99 Å². The first-order valence-corrected chi connectivity index (χ1v) is 3.55. The summed E-state index contributed by atoms with van der Waals surface area (Å²) in [5.74, 6) is 0.357. The highest BCUT2D eigenvalue weighted by Crippen LogP contribution is 2.15. The van der Waals surface area contributed by atoms with E-state index in [0.29, 0.717) is 12.5 Å². The van der Waals surface area contributed by atoms with Crippen LogP contribution in [0.2, 0.25) is 0 Å². The molecule has 0 bridgehead atoms. The minimum Gasteiger partial charge on any atom is -0.323 e. The van der Waals surface area contributed by atoms with Gasteiger partial charge in [-0.1, -0.05) is 0 Å². The van der Waals surface area contributed by atoms with Crippen LogP contribution in [0.25, 0.3) is 0 Å². The van der Waals surface area contributed by atoms with Crippen molar-refractivity contribution in [2.75, 3.05) is 5.32 Å². The third-order valence-corrected chi connectivity index (χ3v) is 1.64. The zero-order valence-electron chi connectivity index (χ0n) is 6.28. The highest BCUT2D eigenvalue weighted by molar-refractivity contribution is 5.94. The summed E-state index contributed by atoms with van der Waals surface area (Å²) in [6.45, 7) is 0.492. The Morgan fingerprint density at radius 2 is 2.50 bits per heavy atom. The first-order chi connectivity index (χ1) is 5.90. The molecule has 12 heavy (non-hydrogen) atoms. The van der Waals surface area contributed by atoms with Crippen LogP contribution in [-0.4, -0.2) is 16.2 Å². The lowest BCUT2D eigenvalue weighted by Crippen LogP contribution is -2.30. The van der Waals surface area contributed by atoms with Gasteiger partial charge in [0.2, 0.25) is 5.96 Å². The smallest absolute Gasteiger partial charge is 0.220 e. The molecule has 1 aliphatic heterocycles. The molecule has 1 aliphatic rings. The molecule has 3 N–H and O–H groups in total. The van der Waals surface area contributed by atoms with Crippen LogP contribution in [0.5, 0.6) is 0 Å². The van der Waals surface area contributed by atoms with Crippen molar-refractivity contribution in [3.63, 3.8) is 0 Å². The summed E-state index contributed by atoms with van der Waals surface area (Å²) in [6.07, 6.45) is 1.72. The monoisotopic (exact) mass is 164 g/mol. The number of guanidine groups is 1. The molecule has 1 aromatic heterocycles. The van der Waals surface area contributed by atoms with Gasteiger partial charge in [0.25, 0.3) is 0 Å². The number of aliphatic imine (C=N–C) groups is 1. The molecule has 0 amide bonds. The van der Waals surface area contributed by atoms with E-state index in [2.05, 4.69) is 15.3 Å². The van der Waals surface area contributed by atoms with E-state index in [1.54, 1.807) is 6.20 Å². The molecule has 0 aliphatic carbocycles. The predicted octanol–water partition coefficient (Wildman–Crippen LogP) is 0.342. The maximum atomic E-state index is 8.55. The van der Waals surface area contributed by atoms with Crippen molar-refractivity contribution < 1.29 is 5.21 Å². The number of nitrogens with zero attached hydrogens (tertiary/aromatic N) is 2. The lowest BCUT2D eigenvalue weighted by atomic mass is 10.3. The highest BCUT2D eigenvalue weighted by Gasteiger charge is 2.10. The number of aromatic nitrogens is 1. The van der Waals surface area contributed by atoms with Crippen LogP contribution in [0, 0.1) is 0 Å². The van der Waals surface area contributed by atoms with Gasteiger partial charge in [-0.3, -0.25) is 10.2 Å². The lowest BCUT2D eigenvalue weighted by Gasteiger charge is -2.15. The van der Waals surface area contributed by atoms with Crippen LogP contribution < -0.4 is 10.8 Å². The number of hydrogen-bond acceptors (Lipinski definition) is 5. The first-order valence-electron chi connectivity index (χ1n) is 3.55. The Hall–Kier alpha value is -1.62. The van der Waals surface area contributed by atoms with Gasteiger partial charge in [0, 0.05) is 6.20 Å². The third kappa shape index (κ3) is 1.10. The fourth-order valence-electron chi connectivity index (χ4n) is 1.06. The first kappa shape index (κ1) is 7.05. The number of hydroxylamine groups is 1. The molecule has 0 radical (unpaired) electrons. The number of pyridine rings is 1. The normalized spacial score (nSPS) is 14.2. The van der Waals surface area contributed by atoms with Gasteiger partial charge in [-0.25, -0.2) is 10.5 Å². The highest BCUT2D eigenvalue weighted by atomic mass is 16.5. The van der Waals surface area contributed by atoms with Gasteiger partial charge < -0.3 is 5.32 Å². The van der Waals surface area contributed by atoms with Crippen molar-refractivity contribution >= 4 is 11.6 Å². The van der Waals surface area contributed by atoms with E-state index >= 15 is 0 Å². The second-order valence-electron chi connectivity index (χ2n) is 2.40. The van der Waals surface area contributed by atoms with E-state index in [1.807, 2.05) is 17.6 Å². The Labute approximate surface area is 69.1 Å². The van der Waals surface area contributed by atoms with E-state index in [1.165, 1.54) is 0 Å². The largest absolute Gasteiger partial charge is 0.323 e. The number of rotatable bonds is 0. The zero-order chi connectivity index (χ0) is 8.39. The molecule has 5 heteroatoms. The molecule has 0 aromatic carbocycles. The van der Waals surface area contributed by atoms with Crippen LogP contribution in [0.15, 0.2) is 23.3 Å². The summed E-state index contributed by atoms with van der Waals surface area (Å²) < 4.78 is 0. The van der Waals surface area contributed by atoms with E-state index in [0.717, 1.165) is 11.4 Å². The maximum Gasteiger partial charge on any atom is 0.220 e. The van der Waals surface area contributed by atoms with Crippen molar-refractivity contribution in [1.82, 2.24) is 10.5 Å². The van der Waals surface area contributed by atoms with Gasteiger partial charge >= 0.3 is 0 Å². The van der Waals surface area contributed by atoms with Gasteiger partial charge in [0.05, 0.1) is 17.9 Å². The topological polar surface area (TPSA) is 69.5 Å². The number of anilines is 1.